The van der Waals surface area contributed by atoms with Crippen LogP contribution in [0.15, 0.2) is 146 Å². The summed E-state index contributed by atoms with van der Waals surface area (Å²) in [4.78, 5) is 38.2. The predicted octanol–water partition coefficient (Wildman–Crippen LogP) is 20.0. The molecule has 0 spiro atoms. The van der Waals surface area contributed by atoms with Gasteiger partial charge in [0.05, 0.1) is 0 Å². The summed E-state index contributed by atoms with van der Waals surface area (Å²) < 4.78 is 16.8. The summed E-state index contributed by atoms with van der Waals surface area (Å²) in [7, 11) is 0. The zero-order valence-electron chi connectivity index (χ0n) is 46.8. The lowest BCUT2D eigenvalue weighted by Gasteiger charge is -2.18. The minimum Gasteiger partial charge on any atom is -0.462 e. The van der Waals surface area contributed by atoms with Gasteiger partial charge in [0.25, 0.3) is 0 Å². The maximum atomic E-state index is 12.8. The van der Waals surface area contributed by atoms with Crippen molar-refractivity contribution < 1.29 is 28.6 Å². The third-order valence-corrected chi connectivity index (χ3v) is 11.8. The van der Waals surface area contributed by atoms with Crippen molar-refractivity contribution in [3.8, 4) is 0 Å². The molecular formula is C67H106O6. The Hall–Kier alpha value is -4.71. The van der Waals surface area contributed by atoms with E-state index in [2.05, 4.69) is 154 Å². The molecule has 410 valence electrons. The van der Waals surface area contributed by atoms with Crippen LogP contribution in [-0.2, 0) is 28.6 Å². The molecule has 0 aromatic heterocycles. The molecule has 0 radical (unpaired) electrons. The smallest absolute Gasteiger partial charge is 0.306 e. The van der Waals surface area contributed by atoms with Crippen molar-refractivity contribution in [3.05, 3.63) is 146 Å². The number of allylic oxidation sites excluding steroid dienone is 24. The van der Waals surface area contributed by atoms with Crippen LogP contribution in [0, 0.1) is 0 Å². The summed E-state index contributed by atoms with van der Waals surface area (Å²) >= 11 is 0. The molecule has 1 atom stereocenters. The van der Waals surface area contributed by atoms with Gasteiger partial charge in [0.15, 0.2) is 6.10 Å². The van der Waals surface area contributed by atoms with Crippen LogP contribution in [-0.4, -0.2) is 37.2 Å². The van der Waals surface area contributed by atoms with Gasteiger partial charge < -0.3 is 14.2 Å². The van der Waals surface area contributed by atoms with Crippen LogP contribution in [0.4, 0.5) is 0 Å². The van der Waals surface area contributed by atoms with E-state index in [1.165, 1.54) is 89.9 Å². The molecule has 0 aromatic rings. The first-order chi connectivity index (χ1) is 36.0. The van der Waals surface area contributed by atoms with E-state index in [1.54, 1.807) is 0 Å². The first kappa shape index (κ1) is 68.3. The second-order valence-corrected chi connectivity index (χ2v) is 18.8. The molecule has 0 bridgehead atoms. The monoisotopic (exact) mass is 1010 g/mol. The average Bonchev–Trinajstić information content (AvgIpc) is 3.39. The lowest BCUT2D eigenvalue weighted by molar-refractivity contribution is -0.166. The Morgan fingerprint density at radius 2 is 0.575 bits per heavy atom. The predicted molar refractivity (Wildman–Crippen MR) is 315 cm³/mol. The summed E-state index contributed by atoms with van der Waals surface area (Å²) in [6.07, 6.45) is 85.7. The van der Waals surface area contributed by atoms with E-state index in [0.717, 1.165) is 96.3 Å². The van der Waals surface area contributed by atoms with Crippen molar-refractivity contribution in [3.63, 3.8) is 0 Å². The van der Waals surface area contributed by atoms with Crippen molar-refractivity contribution in [1.82, 2.24) is 0 Å². The van der Waals surface area contributed by atoms with E-state index < -0.39 is 12.1 Å². The Morgan fingerprint density at radius 1 is 0.288 bits per heavy atom. The van der Waals surface area contributed by atoms with Gasteiger partial charge in [0.1, 0.15) is 13.2 Å². The Labute approximate surface area is 448 Å². The number of unbranched alkanes of at least 4 members (excludes halogenated alkanes) is 16. The molecule has 0 N–H and O–H groups in total. The van der Waals surface area contributed by atoms with Crippen LogP contribution in [0.25, 0.3) is 0 Å². The van der Waals surface area contributed by atoms with Crippen LogP contribution < -0.4 is 0 Å². The molecule has 0 amide bonds. The van der Waals surface area contributed by atoms with Gasteiger partial charge in [-0.2, -0.15) is 0 Å². The number of rotatable bonds is 51. The normalized spacial score (nSPS) is 13.2. The molecule has 0 aliphatic heterocycles. The van der Waals surface area contributed by atoms with Crippen LogP contribution in [0.5, 0.6) is 0 Å². The molecule has 0 rings (SSSR count). The SMILES string of the molecule is CC/C=C\C/C=C\C/C=C\C/C=C\C/C=C\C/C=C\CCC(=O)OC[C@H](COC(=O)CCCCCCCCCCC/C=C\CCCCCCCC)OC(=O)CCC/C=C\C/C=C\C/C=C\C/C=C\C/C=C\CC. The highest BCUT2D eigenvalue weighted by atomic mass is 16.6. The van der Waals surface area contributed by atoms with Crippen molar-refractivity contribution in [2.24, 2.45) is 0 Å². The number of esters is 3. The molecule has 6 nitrogen and oxygen atoms in total. The first-order valence-corrected chi connectivity index (χ1v) is 29.3. The molecular weight excluding hydrogens is 901 g/mol. The Balaban J connectivity index is 4.59. The Morgan fingerprint density at radius 3 is 0.973 bits per heavy atom. The van der Waals surface area contributed by atoms with Gasteiger partial charge in [0.2, 0.25) is 0 Å². The fraction of sp³-hybridized carbons (Fsp3) is 0.597. The third kappa shape index (κ3) is 58.1. The van der Waals surface area contributed by atoms with Gasteiger partial charge in [-0.25, -0.2) is 0 Å². The minimum absolute atomic E-state index is 0.130. The summed E-state index contributed by atoms with van der Waals surface area (Å²) in [5.41, 5.74) is 0. The average molecular weight is 1010 g/mol. The number of carbonyl (C=O) groups excluding carboxylic acids is 3. The Kier molecular flexibility index (Phi) is 56.0. The molecule has 0 aliphatic carbocycles. The number of ether oxygens (including phenoxy) is 3. The summed E-state index contributed by atoms with van der Waals surface area (Å²) in [5, 5.41) is 0. The van der Waals surface area contributed by atoms with Crippen LogP contribution in [0.3, 0.4) is 0 Å². The number of hydrogen-bond donors (Lipinski definition) is 0. The van der Waals surface area contributed by atoms with Crippen molar-refractivity contribution in [1.29, 1.82) is 0 Å². The van der Waals surface area contributed by atoms with Crippen LogP contribution in [0.1, 0.15) is 239 Å². The lowest BCUT2D eigenvalue weighted by atomic mass is 10.1. The van der Waals surface area contributed by atoms with E-state index >= 15 is 0 Å². The molecule has 0 unspecified atom stereocenters. The highest BCUT2D eigenvalue weighted by Crippen LogP contribution is 2.14. The van der Waals surface area contributed by atoms with Crippen LogP contribution in [0.2, 0.25) is 0 Å². The van der Waals surface area contributed by atoms with Crippen molar-refractivity contribution in [2.45, 2.75) is 245 Å². The zero-order chi connectivity index (χ0) is 52.9. The van der Waals surface area contributed by atoms with Gasteiger partial charge in [-0.3, -0.25) is 14.4 Å². The topological polar surface area (TPSA) is 78.9 Å². The van der Waals surface area contributed by atoms with E-state index in [0.29, 0.717) is 19.3 Å². The molecule has 0 aromatic carbocycles. The van der Waals surface area contributed by atoms with E-state index in [1.807, 2.05) is 12.2 Å². The minimum atomic E-state index is -0.846. The largest absolute Gasteiger partial charge is 0.462 e. The van der Waals surface area contributed by atoms with Gasteiger partial charge in [-0.15, -0.1) is 0 Å². The van der Waals surface area contributed by atoms with E-state index in [-0.39, 0.29) is 38.0 Å². The quantitative estimate of drug-likeness (QED) is 0.0261. The summed E-state index contributed by atoms with van der Waals surface area (Å²) in [6, 6.07) is 0. The fourth-order valence-electron chi connectivity index (χ4n) is 7.50. The Bertz CT molecular complexity index is 1630. The second-order valence-electron chi connectivity index (χ2n) is 18.8. The maximum Gasteiger partial charge on any atom is 0.306 e. The van der Waals surface area contributed by atoms with E-state index in [4.69, 9.17) is 14.2 Å². The summed E-state index contributed by atoms with van der Waals surface area (Å²) in [6.45, 7) is 6.29. The first-order valence-electron chi connectivity index (χ1n) is 29.3. The molecule has 0 saturated heterocycles. The molecule has 6 heteroatoms. The fourth-order valence-corrected chi connectivity index (χ4v) is 7.50. The highest BCUT2D eigenvalue weighted by Gasteiger charge is 2.19. The van der Waals surface area contributed by atoms with Gasteiger partial charge in [-0.05, 0) is 122 Å². The van der Waals surface area contributed by atoms with Gasteiger partial charge in [-0.1, -0.05) is 244 Å². The van der Waals surface area contributed by atoms with Gasteiger partial charge in [0, 0.05) is 19.3 Å². The summed E-state index contributed by atoms with van der Waals surface area (Å²) in [5.74, 6) is -1.08. The van der Waals surface area contributed by atoms with Crippen LogP contribution >= 0.6 is 0 Å². The third-order valence-electron chi connectivity index (χ3n) is 11.8. The number of hydrogen-bond acceptors (Lipinski definition) is 6. The maximum absolute atomic E-state index is 12.8. The standard InChI is InChI=1S/C67H106O6/c1-4-7-10-13-16-19-22-25-28-31-33-36-38-41-44-47-50-53-56-59-65(68)71-62-64(73-67(70)61-58-55-52-49-46-43-40-35-30-27-24-21-18-15-12-9-6-3)63-72-66(69)60-57-54-51-48-45-42-39-37-34-32-29-26-23-20-17-14-11-8-5-2/h7,9-10,12,16,18-19,21,25-30,33,36,40-41,43-44,49-50,52-53,64H,4-6,8,11,13-15,17,20,22-24,31-32,34-35,37-39,42,45-48,51,54-63H2,1-3H3/b10-7-,12-9-,19-16-,21-18-,28-25-,29-26-,30-27-,36-33-,43-40-,44-41-,52-49-,53-50-/t64-/m1/s1. The highest BCUT2D eigenvalue weighted by molar-refractivity contribution is 5.71. The van der Waals surface area contributed by atoms with Crippen molar-refractivity contribution >= 4 is 17.9 Å². The number of carbonyl (C=O) groups is 3. The zero-order valence-corrected chi connectivity index (χ0v) is 46.8. The molecule has 0 aliphatic rings. The van der Waals surface area contributed by atoms with Crippen molar-refractivity contribution in [2.75, 3.05) is 13.2 Å². The molecule has 73 heavy (non-hydrogen) atoms. The molecule has 0 fully saturated rings. The molecule has 0 saturated carbocycles. The van der Waals surface area contributed by atoms with Gasteiger partial charge >= 0.3 is 17.9 Å². The lowest BCUT2D eigenvalue weighted by Crippen LogP contribution is -2.30. The second kappa shape index (κ2) is 59.8. The van der Waals surface area contributed by atoms with E-state index in [9.17, 15) is 14.4 Å². The molecule has 0 heterocycles.